The van der Waals surface area contributed by atoms with E-state index in [1.54, 1.807) is 31.2 Å². The van der Waals surface area contributed by atoms with Crippen LogP contribution in [0, 0.1) is 18.3 Å². The van der Waals surface area contributed by atoms with Gasteiger partial charge in [-0.15, -0.1) is 0 Å². The zero-order valence-corrected chi connectivity index (χ0v) is 18.4. The van der Waals surface area contributed by atoms with Crippen LogP contribution in [-0.4, -0.2) is 14.5 Å². The van der Waals surface area contributed by atoms with Crippen molar-refractivity contribution in [2.24, 2.45) is 0 Å². The molecule has 0 saturated carbocycles. The number of nitriles is 1. The number of nitrogens with zero attached hydrogens (tertiary/aromatic N) is 1. The Morgan fingerprint density at radius 1 is 1.03 bits per heavy atom. The fourth-order valence-corrected chi connectivity index (χ4v) is 5.20. The summed E-state index contributed by atoms with van der Waals surface area (Å²) in [6.45, 7) is 3.64. The van der Waals surface area contributed by atoms with E-state index in [-0.39, 0.29) is 10.8 Å². The zero-order chi connectivity index (χ0) is 21.7. The number of rotatable bonds is 7. The molecule has 2 atom stereocenters. The molecule has 3 rings (SSSR count). The van der Waals surface area contributed by atoms with Gasteiger partial charge >= 0.3 is 0 Å². The lowest BCUT2D eigenvalue weighted by molar-refractivity contribution is 0.503. The standard InChI is InChI=1S/C24H23ClN2O2S/c1-17-6-3-4-9-24(17)30(28,29)27-18(2)23(15-19-10-12-22(25)13-11-19)21-8-5-7-20(14-21)16-26/h3-14,18,23,27H,15H2,1-2H3. The second-order valence-corrected chi connectivity index (χ2v) is 9.47. The Labute approximate surface area is 183 Å². The lowest BCUT2D eigenvalue weighted by Gasteiger charge is -2.26. The SMILES string of the molecule is Cc1ccccc1S(=O)(=O)NC(C)C(Cc1ccc(Cl)cc1)c1cccc(C#N)c1. The number of hydrogen-bond acceptors (Lipinski definition) is 3. The molecule has 2 unspecified atom stereocenters. The highest BCUT2D eigenvalue weighted by molar-refractivity contribution is 7.89. The summed E-state index contributed by atoms with van der Waals surface area (Å²) in [5.74, 6) is -0.168. The van der Waals surface area contributed by atoms with Gasteiger partial charge in [-0.05, 0) is 67.3 Å². The van der Waals surface area contributed by atoms with Crippen molar-refractivity contribution >= 4 is 21.6 Å². The molecular formula is C24H23ClN2O2S. The summed E-state index contributed by atoms with van der Waals surface area (Å²) in [5.41, 5.74) is 3.18. The Morgan fingerprint density at radius 3 is 2.40 bits per heavy atom. The van der Waals surface area contributed by atoms with Crippen LogP contribution in [0.5, 0.6) is 0 Å². The fourth-order valence-electron chi connectivity index (χ4n) is 3.54. The van der Waals surface area contributed by atoms with Crippen LogP contribution in [0.25, 0.3) is 0 Å². The number of sulfonamides is 1. The topological polar surface area (TPSA) is 70.0 Å². The smallest absolute Gasteiger partial charge is 0.208 e. The van der Waals surface area contributed by atoms with Gasteiger partial charge in [-0.3, -0.25) is 0 Å². The van der Waals surface area contributed by atoms with Crippen LogP contribution >= 0.6 is 11.6 Å². The Morgan fingerprint density at radius 2 is 1.73 bits per heavy atom. The van der Waals surface area contributed by atoms with Gasteiger partial charge in [0.1, 0.15) is 0 Å². The molecule has 0 aliphatic rings. The Balaban J connectivity index is 1.95. The minimum atomic E-state index is -3.69. The lowest BCUT2D eigenvalue weighted by atomic mass is 9.86. The molecule has 3 aromatic carbocycles. The minimum Gasteiger partial charge on any atom is -0.208 e. The maximum Gasteiger partial charge on any atom is 0.241 e. The largest absolute Gasteiger partial charge is 0.241 e. The Bertz CT molecular complexity index is 1170. The molecule has 4 nitrogen and oxygen atoms in total. The quantitative estimate of drug-likeness (QED) is 0.550. The van der Waals surface area contributed by atoms with E-state index in [2.05, 4.69) is 10.8 Å². The molecule has 154 valence electrons. The molecule has 0 aliphatic heterocycles. The van der Waals surface area contributed by atoms with Crippen LogP contribution < -0.4 is 4.72 Å². The van der Waals surface area contributed by atoms with Crippen molar-refractivity contribution in [1.82, 2.24) is 4.72 Å². The third-order valence-corrected chi connectivity index (χ3v) is 7.11. The van der Waals surface area contributed by atoms with Crippen molar-refractivity contribution in [3.63, 3.8) is 0 Å². The molecule has 0 amide bonds. The Kier molecular flexibility index (Phi) is 6.94. The van der Waals surface area contributed by atoms with Gasteiger partial charge in [0.15, 0.2) is 0 Å². The molecule has 3 aromatic rings. The van der Waals surface area contributed by atoms with Gasteiger partial charge < -0.3 is 0 Å². The van der Waals surface area contributed by atoms with Gasteiger partial charge in [-0.2, -0.15) is 5.26 Å². The first-order valence-corrected chi connectivity index (χ1v) is 11.5. The number of aryl methyl sites for hydroxylation is 1. The summed E-state index contributed by atoms with van der Waals surface area (Å²) in [5, 5.41) is 9.94. The number of halogens is 1. The highest BCUT2D eigenvalue weighted by Crippen LogP contribution is 2.27. The summed E-state index contributed by atoms with van der Waals surface area (Å²) >= 11 is 6.01. The van der Waals surface area contributed by atoms with Crippen molar-refractivity contribution in [2.75, 3.05) is 0 Å². The zero-order valence-electron chi connectivity index (χ0n) is 16.8. The van der Waals surface area contributed by atoms with E-state index >= 15 is 0 Å². The number of hydrogen-bond donors (Lipinski definition) is 1. The molecule has 0 radical (unpaired) electrons. The van der Waals surface area contributed by atoms with Crippen LogP contribution in [0.2, 0.25) is 5.02 Å². The second kappa shape index (κ2) is 9.44. The van der Waals surface area contributed by atoms with E-state index in [0.717, 1.165) is 11.1 Å². The van der Waals surface area contributed by atoms with Crippen molar-refractivity contribution in [2.45, 2.75) is 37.1 Å². The van der Waals surface area contributed by atoms with E-state index < -0.39 is 16.1 Å². The first kappa shape index (κ1) is 22.0. The highest BCUT2D eigenvalue weighted by Gasteiger charge is 2.26. The van der Waals surface area contributed by atoms with E-state index in [1.807, 2.05) is 55.5 Å². The summed E-state index contributed by atoms with van der Waals surface area (Å²) in [7, 11) is -3.69. The van der Waals surface area contributed by atoms with Crippen molar-refractivity contribution in [3.05, 3.63) is 100 Å². The second-order valence-electron chi connectivity index (χ2n) is 7.35. The lowest BCUT2D eigenvalue weighted by Crippen LogP contribution is -2.38. The molecule has 0 bridgehead atoms. The maximum absolute atomic E-state index is 13.0. The van der Waals surface area contributed by atoms with Gasteiger partial charge in [0.25, 0.3) is 0 Å². The van der Waals surface area contributed by atoms with Crippen molar-refractivity contribution < 1.29 is 8.42 Å². The number of benzene rings is 3. The average molecular weight is 439 g/mol. The molecule has 6 heteroatoms. The minimum absolute atomic E-state index is 0.168. The highest BCUT2D eigenvalue weighted by atomic mass is 35.5. The fraction of sp³-hybridized carbons (Fsp3) is 0.208. The summed E-state index contributed by atoms with van der Waals surface area (Å²) in [4.78, 5) is 0.271. The Hall–Kier alpha value is -2.65. The van der Waals surface area contributed by atoms with Gasteiger partial charge in [0.05, 0.1) is 16.5 Å². The predicted molar refractivity (Wildman–Crippen MR) is 120 cm³/mol. The predicted octanol–water partition coefficient (Wildman–Crippen LogP) is 5.21. The van der Waals surface area contributed by atoms with Crippen molar-refractivity contribution in [1.29, 1.82) is 5.26 Å². The van der Waals surface area contributed by atoms with Crippen LogP contribution in [-0.2, 0) is 16.4 Å². The first-order chi connectivity index (χ1) is 14.3. The van der Waals surface area contributed by atoms with E-state index in [4.69, 9.17) is 11.6 Å². The van der Waals surface area contributed by atoms with Crippen LogP contribution in [0.4, 0.5) is 0 Å². The number of nitrogens with one attached hydrogen (secondary N) is 1. The molecule has 0 aromatic heterocycles. The van der Waals surface area contributed by atoms with E-state index in [0.29, 0.717) is 22.6 Å². The monoisotopic (exact) mass is 438 g/mol. The summed E-state index contributed by atoms with van der Waals surface area (Å²) < 4.78 is 28.9. The average Bonchev–Trinajstić information content (AvgIpc) is 2.73. The van der Waals surface area contributed by atoms with Crippen LogP contribution in [0.15, 0.2) is 77.7 Å². The molecule has 0 heterocycles. The molecule has 0 fully saturated rings. The summed E-state index contributed by atoms with van der Waals surface area (Å²) in [6, 6.07) is 23.5. The molecular weight excluding hydrogens is 416 g/mol. The summed E-state index contributed by atoms with van der Waals surface area (Å²) in [6.07, 6.45) is 0.601. The van der Waals surface area contributed by atoms with Gasteiger partial charge in [-0.1, -0.05) is 54.1 Å². The van der Waals surface area contributed by atoms with Gasteiger partial charge in [0.2, 0.25) is 10.0 Å². The third-order valence-electron chi connectivity index (χ3n) is 5.14. The maximum atomic E-state index is 13.0. The molecule has 0 aliphatic carbocycles. The molecule has 30 heavy (non-hydrogen) atoms. The normalized spacial score (nSPS) is 13.4. The van der Waals surface area contributed by atoms with Gasteiger partial charge in [0, 0.05) is 17.0 Å². The molecule has 0 saturated heterocycles. The van der Waals surface area contributed by atoms with Crippen LogP contribution in [0.1, 0.15) is 35.1 Å². The van der Waals surface area contributed by atoms with E-state index in [1.165, 1.54) is 0 Å². The van der Waals surface area contributed by atoms with E-state index in [9.17, 15) is 13.7 Å². The first-order valence-electron chi connectivity index (χ1n) is 9.62. The molecule has 0 spiro atoms. The van der Waals surface area contributed by atoms with Crippen LogP contribution in [0.3, 0.4) is 0 Å². The van der Waals surface area contributed by atoms with Crippen molar-refractivity contribution in [3.8, 4) is 6.07 Å². The molecule has 1 N–H and O–H groups in total. The van der Waals surface area contributed by atoms with Gasteiger partial charge in [-0.25, -0.2) is 13.1 Å². The third kappa shape index (κ3) is 5.28.